The number of hydrogen-bond acceptors (Lipinski definition) is 7. The number of amidine groups is 1. The van der Waals surface area contributed by atoms with Crippen molar-refractivity contribution in [3.8, 4) is 17.1 Å². The largest absolute Gasteiger partial charge is 0.339 e. The first-order valence-corrected chi connectivity index (χ1v) is 11.6. The van der Waals surface area contributed by atoms with Gasteiger partial charge in [-0.15, -0.1) is 0 Å². The Morgan fingerprint density at radius 1 is 1.19 bits per heavy atom. The lowest BCUT2D eigenvalue weighted by atomic mass is 10.1. The van der Waals surface area contributed by atoms with Gasteiger partial charge in [0.25, 0.3) is 5.56 Å². The van der Waals surface area contributed by atoms with E-state index in [1.54, 1.807) is 42.1 Å². The number of hydroxylamine groups is 1. The number of aryl methyl sites for hydroxylation is 2. The number of imidazole rings is 1. The highest BCUT2D eigenvalue weighted by atomic mass is 16.5. The smallest absolute Gasteiger partial charge is 0.281 e. The van der Waals surface area contributed by atoms with Crippen LogP contribution in [-0.2, 0) is 13.0 Å². The normalized spacial score (nSPS) is 11.2. The van der Waals surface area contributed by atoms with Crippen LogP contribution >= 0.6 is 0 Å². The first kappa shape index (κ1) is 23.2. The molecule has 0 aliphatic heterocycles. The Balaban J connectivity index is 1.61. The fraction of sp³-hybridized carbons (Fsp3) is 0.192. The summed E-state index contributed by atoms with van der Waals surface area (Å²) < 4.78 is 8.55. The molecule has 182 valence electrons. The second kappa shape index (κ2) is 9.59. The van der Waals surface area contributed by atoms with Crippen molar-refractivity contribution in [3.05, 3.63) is 94.0 Å². The van der Waals surface area contributed by atoms with E-state index in [1.807, 2.05) is 40.5 Å². The van der Waals surface area contributed by atoms with Gasteiger partial charge in [0.05, 0.1) is 11.8 Å². The zero-order valence-corrected chi connectivity index (χ0v) is 19.9. The predicted octanol–water partition coefficient (Wildman–Crippen LogP) is 3.85. The molecule has 0 radical (unpaired) electrons. The van der Waals surface area contributed by atoms with E-state index in [1.165, 1.54) is 0 Å². The molecule has 0 amide bonds. The van der Waals surface area contributed by atoms with Crippen LogP contribution in [0, 0.1) is 12.3 Å². The van der Waals surface area contributed by atoms with Crippen LogP contribution in [0.5, 0.6) is 0 Å². The van der Waals surface area contributed by atoms with Crippen molar-refractivity contribution in [1.82, 2.24) is 29.7 Å². The van der Waals surface area contributed by atoms with Crippen molar-refractivity contribution in [2.75, 3.05) is 0 Å². The fourth-order valence-electron chi connectivity index (χ4n) is 4.29. The summed E-state index contributed by atoms with van der Waals surface area (Å²) in [4.78, 5) is 22.7. The van der Waals surface area contributed by atoms with E-state index in [-0.39, 0.29) is 11.4 Å². The Bertz CT molecular complexity index is 1630. The van der Waals surface area contributed by atoms with Crippen molar-refractivity contribution in [1.29, 1.82) is 5.41 Å². The maximum Gasteiger partial charge on any atom is 0.281 e. The minimum atomic E-state index is -0.215. The number of benzene rings is 2. The van der Waals surface area contributed by atoms with Gasteiger partial charge in [-0.2, -0.15) is 4.98 Å². The van der Waals surface area contributed by atoms with Crippen molar-refractivity contribution in [2.24, 2.45) is 0 Å². The van der Waals surface area contributed by atoms with Crippen LogP contribution in [0.15, 0.2) is 70.4 Å². The predicted molar refractivity (Wildman–Crippen MR) is 135 cm³/mol. The van der Waals surface area contributed by atoms with E-state index >= 15 is 0 Å². The molecule has 36 heavy (non-hydrogen) atoms. The molecule has 0 saturated heterocycles. The quantitative estimate of drug-likeness (QED) is 0.182. The molecule has 0 saturated carbocycles. The molecule has 0 aliphatic rings. The van der Waals surface area contributed by atoms with Gasteiger partial charge in [0, 0.05) is 36.5 Å². The van der Waals surface area contributed by atoms with Gasteiger partial charge < -0.3 is 9.09 Å². The standard InChI is InChI=1S/C26H25N7O3/c1-3-6-20-14-33(21-10-5-8-18(12-21)24(27)30-35)26(34)23-22(20)28-15-32(23)13-17-7-4-9-19(11-17)25-29-16(2)36-31-25/h4-5,7-12,14-15,35H,3,6,13H2,1-2H3,(H2,27,30). The van der Waals surface area contributed by atoms with Gasteiger partial charge in [-0.05, 0) is 35.7 Å². The average molecular weight is 484 g/mol. The Labute approximate surface area is 206 Å². The van der Waals surface area contributed by atoms with E-state index < -0.39 is 0 Å². The van der Waals surface area contributed by atoms with Crippen LogP contribution in [0.4, 0.5) is 0 Å². The topological polar surface area (TPSA) is 135 Å². The zero-order valence-electron chi connectivity index (χ0n) is 19.9. The van der Waals surface area contributed by atoms with Crippen LogP contribution < -0.4 is 11.0 Å². The number of pyridine rings is 1. The number of rotatable bonds is 7. The summed E-state index contributed by atoms with van der Waals surface area (Å²) in [7, 11) is 0. The van der Waals surface area contributed by atoms with E-state index in [0.717, 1.165) is 29.5 Å². The first-order valence-electron chi connectivity index (χ1n) is 11.6. The summed E-state index contributed by atoms with van der Waals surface area (Å²) in [6, 6.07) is 14.7. The Morgan fingerprint density at radius 3 is 2.78 bits per heavy atom. The molecule has 0 spiro atoms. The highest BCUT2D eigenvalue weighted by molar-refractivity contribution is 5.96. The van der Waals surface area contributed by atoms with Gasteiger partial charge in [0.15, 0.2) is 0 Å². The lowest BCUT2D eigenvalue weighted by Crippen LogP contribution is -2.23. The molecule has 10 nitrogen and oxygen atoms in total. The highest BCUT2D eigenvalue weighted by Gasteiger charge is 2.17. The van der Waals surface area contributed by atoms with Gasteiger partial charge in [0.2, 0.25) is 11.7 Å². The summed E-state index contributed by atoms with van der Waals surface area (Å²) in [5.41, 5.74) is 6.63. The van der Waals surface area contributed by atoms with Crippen LogP contribution in [0.1, 0.15) is 35.9 Å². The third-order valence-electron chi connectivity index (χ3n) is 5.96. The van der Waals surface area contributed by atoms with Crippen molar-refractivity contribution >= 4 is 16.9 Å². The molecule has 5 rings (SSSR count). The minimum Gasteiger partial charge on any atom is -0.339 e. The van der Waals surface area contributed by atoms with Crippen LogP contribution in [0.25, 0.3) is 28.1 Å². The number of nitrogens with one attached hydrogen (secondary N) is 2. The number of fused-ring (bicyclic) bond motifs is 1. The van der Waals surface area contributed by atoms with Gasteiger partial charge in [-0.1, -0.05) is 48.8 Å². The monoisotopic (exact) mass is 483 g/mol. The summed E-state index contributed by atoms with van der Waals surface area (Å²) in [5.74, 6) is 0.857. The second-order valence-corrected chi connectivity index (χ2v) is 8.52. The molecule has 0 unspecified atom stereocenters. The molecule has 0 aliphatic carbocycles. The molecule has 2 aromatic carbocycles. The maximum atomic E-state index is 13.8. The molecule has 3 aromatic heterocycles. The third kappa shape index (κ3) is 4.29. The van der Waals surface area contributed by atoms with Gasteiger partial charge in [-0.25, -0.2) is 4.98 Å². The Hall–Kier alpha value is -4.57. The van der Waals surface area contributed by atoms with Gasteiger partial charge in [-0.3, -0.25) is 25.5 Å². The highest BCUT2D eigenvalue weighted by Crippen LogP contribution is 2.22. The van der Waals surface area contributed by atoms with Crippen LogP contribution in [-0.4, -0.2) is 35.3 Å². The second-order valence-electron chi connectivity index (χ2n) is 8.52. The minimum absolute atomic E-state index is 0.151. The SMILES string of the molecule is CCCc1cn(-c2cccc(C(=N)NO)c2)c(=O)c2c1ncn2Cc1cccc(-c2noc(C)n2)c1. The van der Waals surface area contributed by atoms with E-state index in [2.05, 4.69) is 22.0 Å². The summed E-state index contributed by atoms with van der Waals surface area (Å²) in [5, 5.41) is 21.0. The lowest BCUT2D eigenvalue weighted by molar-refractivity contribution is 0.234. The molecule has 0 fully saturated rings. The number of nitrogens with zero attached hydrogens (tertiary/aromatic N) is 5. The molecule has 5 aromatic rings. The van der Waals surface area contributed by atoms with Crippen molar-refractivity contribution in [3.63, 3.8) is 0 Å². The van der Waals surface area contributed by atoms with E-state index in [0.29, 0.717) is 40.5 Å². The molecule has 0 bridgehead atoms. The summed E-state index contributed by atoms with van der Waals surface area (Å²) in [6.07, 6.45) is 5.17. The Morgan fingerprint density at radius 2 is 2.03 bits per heavy atom. The van der Waals surface area contributed by atoms with Crippen molar-refractivity contribution < 1.29 is 9.73 Å². The molecule has 3 heterocycles. The van der Waals surface area contributed by atoms with E-state index in [9.17, 15) is 4.79 Å². The molecule has 10 heteroatoms. The van der Waals surface area contributed by atoms with Crippen LogP contribution in [0.2, 0.25) is 0 Å². The molecular formula is C26H25N7O3. The third-order valence-corrected chi connectivity index (χ3v) is 5.96. The molecule has 0 atom stereocenters. The molecular weight excluding hydrogens is 458 g/mol. The molecule has 3 N–H and O–H groups in total. The number of aromatic nitrogens is 5. The van der Waals surface area contributed by atoms with Gasteiger partial charge >= 0.3 is 0 Å². The van der Waals surface area contributed by atoms with Crippen LogP contribution in [0.3, 0.4) is 0 Å². The first-order chi connectivity index (χ1) is 17.5. The maximum absolute atomic E-state index is 13.8. The average Bonchev–Trinajstić information content (AvgIpc) is 3.52. The summed E-state index contributed by atoms with van der Waals surface area (Å²) >= 11 is 0. The number of hydrogen-bond donors (Lipinski definition) is 3. The van der Waals surface area contributed by atoms with Gasteiger partial charge in [0.1, 0.15) is 11.4 Å². The van der Waals surface area contributed by atoms with Crippen molar-refractivity contribution in [2.45, 2.75) is 33.2 Å². The van der Waals surface area contributed by atoms with E-state index in [4.69, 9.17) is 15.1 Å². The Kier molecular flexibility index (Phi) is 6.17. The summed E-state index contributed by atoms with van der Waals surface area (Å²) in [6.45, 7) is 4.26. The zero-order chi connectivity index (χ0) is 25.2. The fourth-order valence-corrected chi connectivity index (χ4v) is 4.29. The lowest BCUT2D eigenvalue weighted by Gasteiger charge is -2.13.